The molecule has 31 heavy (non-hydrogen) atoms. The van der Waals surface area contributed by atoms with E-state index < -0.39 is 0 Å². The minimum atomic E-state index is 0.647. The second kappa shape index (κ2) is 9.61. The van der Waals surface area contributed by atoms with E-state index in [0.717, 1.165) is 38.8 Å². The first-order chi connectivity index (χ1) is 15.2. The van der Waals surface area contributed by atoms with Gasteiger partial charge in [-0.25, -0.2) is 4.98 Å². The van der Waals surface area contributed by atoms with Crippen molar-refractivity contribution >= 4 is 35.1 Å². The largest absolute Gasteiger partial charge is 0.387 e. The van der Waals surface area contributed by atoms with Crippen molar-refractivity contribution in [2.75, 3.05) is 12.4 Å². The highest BCUT2D eigenvalue weighted by Crippen LogP contribution is 2.36. The monoisotopic (exact) mass is 441 g/mol. The van der Waals surface area contributed by atoms with Crippen LogP contribution in [0.1, 0.15) is 26.4 Å². The molecule has 0 aliphatic rings. The first-order valence-electron chi connectivity index (χ1n) is 9.68. The van der Waals surface area contributed by atoms with E-state index in [1.165, 1.54) is 10.4 Å². The lowest BCUT2D eigenvalue weighted by Gasteiger charge is -2.12. The van der Waals surface area contributed by atoms with Gasteiger partial charge in [-0.2, -0.15) is 5.26 Å². The Morgan fingerprint density at radius 2 is 1.90 bits per heavy atom. The van der Waals surface area contributed by atoms with Gasteiger partial charge < -0.3 is 5.32 Å². The molecule has 4 aromatic rings. The Morgan fingerprint density at radius 3 is 2.65 bits per heavy atom. The predicted octanol–water partition coefficient (Wildman–Crippen LogP) is 6.28. The van der Waals surface area contributed by atoms with Gasteiger partial charge in [-0.05, 0) is 35.9 Å². The second-order valence-electron chi connectivity index (χ2n) is 6.84. The summed E-state index contributed by atoms with van der Waals surface area (Å²) in [4.78, 5) is 19.1. The van der Waals surface area contributed by atoms with Gasteiger partial charge in [0.2, 0.25) is 0 Å². The Labute approximate surface area is 189 Å². The molecule has 152 valence electrons. The number of rotatable bonds is 7. The topological polar surface area (TPSA) is 65.8 Å². The number of aldehydes is 1. The molecule has 1 heterocycles. The summed E-state index contributed by atoms with van der Waals surface area (Å²) in [5, 5.41) is 13.2. The molecule has 4 nitrogen and oxygen atoms in total. The first kappa shape index (κ1) is 20.9. The smallest absolute Gasteiger partial charge is 0.151 e. The van der Waals surface area contributed by atoms with Crippen LogP contribution in [-0.4, -0.2) is 18.3 Å². The number of aromatic nitrogens is 1. The van der Waals surface area contributed by atoms with Gasteiger partial charge in [-0.15, -0.1) is 11.3 Å². The number of anilines is 1. The molecule has 0 amide bonds. The Hall–Kier alpha value is -3.40. The fourth-order valence-electron chi connectivity index (χ4n) is 3.17. The Balaban J connectivity index is 1.52. The zero-order valence-electron chi connectivity index (χ0n) is 16.8. The van der Waals surface area contributed by atoms with Crippen LogP contribution in [0.15, 0.2) is 82.7 Å². The van der Waals surface area contributed by atoms with Crippen molar-refractivity contribution in [1.29, 1.82) is 5.26 Å². The number of nitriles is 1. The third-order valence-electron chi connectivity index (χ3n) is 4.77. The highest BCUT2D eigenvalue weighted by molar-refractivity contribution is 7.99. The van der Waals surface area contributed by atoms with Crippen LogP contribution < -0.4 is 5.32 Å². The maximum Gasteiger partial charge on any atom is 0.151 e. The number of benzene rings is 3. The SMILES string of the molecule is CNc1cc(Cc2cnc(-c3ccc(C#N)cc3)s2)ccc1Sc1ccccc1C=O. The van der Waals surface area contributed by atoms with Crippen molar-refractivity contribution in [3.05, 3.63) is 94.5 Å². The highest BCUT2D eigenvalue weighted by Gasteiger charge is 2.10. The molecule has 4 rings (SSSR count). The number of thiazole rings is 1. The minimum Gasteiger partial charge on any atom is -0.387 e. The molecule has 6 heteroatoms. The molecular formula is C25H19N3OS2. The van der Waals surface area contributed by atoms with Crippen LogP contribution in [0.4, 0.5) is 5.69 Å². The van der Waals surface area contributed by atoms with Crippen molar-refractivity contribution < 1.29 is 4.79 Å². The molecule has 0 aliphatic heterocycles. The average molecular weight is 442 g/mol. The molecule has 0 bridgehead atoms. The van der Waals surface area contributed by atoms with Gasteiger partial charge in [-0.3, -0.25) is 4.79 Å². The zero-order chi connectivity index (χ0) is 21.6. The van der Waals surface area contributed by atoms with Crippen LogP contribution in [0.3, 0.4) is 0 Å². The summed E-state index contributed by atoms with van der Waals surface area (Å²) in [6.45, 7) is 0. The number of carbonyl (C=O) groups is 1. The Bertz CT molecular complexity index is 1260. The molecule has 3 aromatic carbocycles. The predicted molar refractivity (Wildman–Crippen MR) is 127 cm³/mol. The van der Waals surface area contributed by atoms with E-state index in [-0.39, 0.29) is 0 Å². The molecule has 0 saturated carbocycles. The van der Waals surface area contributed by atoms with E-state index in [1.54, 1.807) is 23.1 Å². The standard InChI is InChI=1S/C25H19N3OS2/c1-27-22-13-18(8-11-24(22)31-23-5-3-2-4-20(23)16-29)12-21-15-28-25(30-21)19-9-6-17(14-26)7-10-19/h2-11,13,15-16,27H,12H2,1H3. The molecule has 0 unspecified atom stereocenters. The molecule has 1 N–H and O–H groups in total. The van der Waals surface area contributed by atoms with Gasteiger partial charge in [0, 0.05) is 51.1 Å². The molecule has 0 aliphatic carbocycles. The van der Waals surface area contributed by atoms with Gasteiger partial charge in [0.05, 0.1) is 11.6 Å². The quantitative estimate of drug-likeness (QED) is 0.342. The van der Waals surface area contributed by atoms with E-state index in [0.29, 0.717) is 11.1 Å². The highest BCUT2D eigenvalue weighted by atomic mass is 32.2. The number of nitrogens with one attached hydrogen (secondary N) is 1. The molecule has 0 radical (unpaired) electrons. The van der Waals surface area contributed by atoms with Crippen molar-refractivity contribution in [1.82, 2.24) is 4.98 Å². The van der Waals surface area contributed by atoms with Gasteiger partial charge >= 0.3 is 0 Å². The van der Waals surface area contributed by atoms with Gasteiger partial charge in [-0.1, -0.05) is 48.2 Å². The maximum atomic E-state index is 11.3. The maximum absolute atomic E-state index is 11.3. The van der Waals surface area contributed by atoms with Crippen molar-refractivity contribution in [2.24, 2.45) is 0 Å². The average Bonchev–Trinajstić information content (AvgIpc) is 3.29. The lowest BCUT2D eigenvalue weighted by Crippen LogP contribution is -1.94. The Morgan fingerprint density at radius 1 is 1.10 bits per heavy atom. The van der Waals surface area contributed by atoms with E-state index in [9.17, 15) is 4.79 Å². The van der Waals surface area contributed by atoms with Crippen LogP contribution in [0.5, 0.6) is 0 Å². The van der Waals surface area contributed by atoms with Crippen LogP contribution in [0.25, 0.3) is 10.6 Å². The second-order valence-corrected chi connectivity index (χ2v) is 9.03. The van der Waals surface area contributed by atoms with E-state index in [2.05, 4.69) is 34.6 Å². The fourth-order valence-corrected chi connectivity index (χ4v) is 5.15. The summed E-state index contributed by atoms with van der Waals surface area (Å²) in [7, 11) is 1.91. The van der Waals surface area contributed by atoms with E-state index in [1.807, 2.05) is 61.8 Å². The Kier molecular flexibility index (Phi) is 6.46. The minimum absolute atomic E-state index is 0.647. The number of hydrogen-bond donors (Lipinski definition) is 1. The lowest BCUT2D eigenvalue weighted by atomic mass is 10.1. The third kappa shape index (κ3) is 4.85. The summed E-state index contributed by atoms with van der Waals surface area (Å²) >= 11 is 3.24. The third-order valence-corrected chi connectivity index (χ3v) is 6.99. The summed E-state index contributed by atoms with van der Waals surface area (Å²) in [6.07, 6.45) is 3.60. The molecule has 1 aromatic heterocycles. The normalized spacial score (nSPS) is 10.5. The zero-order valence-corrected chi connectivity index (χ0v) is 18.5. The number of carbonyl (C=O) groups excluding carboxylic acids is 1. The summed E-state index contributed by atoms with van der Waals surface area (Å²) in [6, 6.07) is 23.6. The molecule has 0 fully saturated rings. The van der Waals surface area contributed by atoms with Crippen LogP contribution in [0.2, 0.25) is 0 Å². The number of nitrogens with zero attached hydrogens (tertiary/aromatic N) is 2. The fraction of sp³-hybridized carbons (Fsp3) is 0.0800. The van der Waals surface area contributed by atoms with Crippen molar-refractivity contribution in [2.45, 2.75) is 16.2 Å². The van der Waals surface area contributed by atoms with Crippen molar-refractivity contribution in [3.8, 4) is 16.6 Å². The van der Waals surface area contributed by atoms with Crippen LogP contribution >= 0.6 is 23.1 Å². The molecule has 0 atom stereocenters. The molecule has 0 saturated heterocycles. The first-order valence-corrected chi connectivity index (χ1v) is 11.3. The van der Waals surface area contributed by atoms with Crippen LogP contribution in [-0.2, 0) is 6.42 Å². The number of hydrogen-bond acceptors (Lipinski definition) is 6. The van der Waals surface area contributed by atoms with Crippen molar-refractivity contribution in [3.63, 3.8) is 0 Å². The molecule has 0 spiro atoms. The lowest BCUT2D eigenvalue weighted by molar-refractivity contribution is 0.112. The van der Waals surface area contributed by atoms with Crippen LogP contribution in [0, 0.1) is 11.3 Å². The summed E-state index contributed by atoms with van der Waals surface area (Å²) < 4.78 is 0. The summed E-state index contributed by atoms with van der Waals surface area (Å²) in [5.41, 5.74) is 4.58. The van der Waals surface area contributed by atoms with E-state index in [4.69, 9.17) is 5.26 Å². The summed E-state index contributed by atoms with van der Waals surface area (Å²) in [5.74, 6) is 0. The van der Waals surface area contributed by atoms with Gasteiger partial charge in [0.1, 0.15) is 5.01 Å². The van der Waals surface area contributed by atoms with Gasteiger partial charge in [0.25, 0.3) is 0 Å². The molecular weight excluding hydrogens is 422 g/mol. The van der Waals surface area contributed by atoms with E-state index >= 15 is 0 Å². The van der Waals surface area contributed by atoms with Gasteiger partial charge in [0.15, 0.2) is 6.29 Å².